The molecule has 0 amide bonds. The third-order valence-corrected chi connectivity index (χ3v) is 2.89. The summed E-state index contributed by atoms with van der Waals surface area (Å²) in [5, 5.41) is 12.0. The molecule has 0 aliphatic heterocycles. The minimum atomic E-state index is -0.435. The van der Waals surface area contributed by atoms with Gasteiger partial charge in [-0.2, -0.15) is 0 Å². The number of fused-ring (bicyclic) bond motifs is 1. The minimum absolute atomic E-state index is 0.00750. The fraction of sp³-hybridized carbons (Fsp3) is 0.250. The summed E-state index contributed by atoms with van der Waals surface area (Å²) in [6.07, 6.45) is 0. The molecule has 0 fully saturated rings. The average molecular weight is 251 g/mol. The first-order chi connectivity index (χ1) is 8.00. The molecule has 0 spiro atoms. The lowest BCUT2D eigenvalue weighted by molar-refractivity contribution is -0.383. The van der Waals surface area contributed by atoms with Crippen molar-refractivity contribution in [2.24, 2.45) is 0 Å². The van der Waals surface area contributed by atoms with Gasteiger partial charge in [0.05, 0.1) is 9.95 Å². The van der Waals surface area contributed by atoms with Crippen molar-refractivity contribution in [3.05, 3.63) is 45.1 Å². The molecule has 1 heterocycles. The number of aromatic nitrogens is 1. The van der Waals surface area contributed by atoms with Gasteiger partial charge in [-0.15, -0.1) is 0 Å². The Morgan fingerprint density at radius 1 is 1.41 bits per heavy atom. The fourth-order valence-electron chi connectivity index (χ4n) is 1.65. The Morgan fingerprint density at radius 3 is 2.71 bits per heavy atom. The first-order valence-electron chi connectivity index (χ1n) is 5.24. The second-order valence-corrected chi connectivity index (χ2v) is 4.52. The fourth-order valence-corrected chi connectivity index (χ4v) is 1.92. The minimum Gasteiger partial charge on any atom is -0.258 e. The Morgan fingerprint density at radius 2 is 2.12 bits per heavy atom. The molecule has 1 aromatic carbocycles. The molecule has 0 aliphatic carbocycles. The molecular formula is C12H11ClN2O2. The van der Waals surface area contributed by atoms with E-state index in [1.165, 1.54) is 6.07 Å². The first kappa shape index (κ1) is 11.8. The number of hydrogen-bond acceptors (Lipinski definition) is 3. The molecule has 88 valence electrons. The van der Waals surface area contributed by atoms with Gasteiger partial charge in [-0.3, -0.25) is 10.1 Å². The standard InChI is InChI=1S/C12H11ClN2O2/c1-7(2)10-6-9(13)8-4-3-5-11(15(16)17)12(8)14-10/h3-7H,1-2H3. The van der Waals surface area contributed by atoms with Crippen LogP contribution in [-0.4, -0.2) is 9.91 Å². The lowest BCUT2D eigenvalue weighted by Crippen LogP contribution is -1.97. The third kappa shape index (κ3) is 2.08. The Labute approximate surface area is 103 Å². The van der Waals surface area contributed by atoms with E-state index in [-0.39, 0.29) is 11.6 Å². The topological polar surface area (TPSA) is 56.0 Å². The van der Waals surface area contributed by atoms with Gasteiger partial charge in [0.1, 0.15) is 5.52 Å². The van der Waals surface area contributed by atoms with Crippen molar-refractivity contribution in [1.82, 2.24) is 4.98 Å². The zero-order valence-electron chi connectivity index (χ0n) is 9.48. The van der Waals surface area contributed by atoms with Crippen LogP contribution in [0, 0.1) is 10.1 Å². The number of halogens is 1. The monoisotopic (exact) mass is 250 g/mol. The number of benzene rings is 1. The van der Waals surface area contributed by atoms with E-state index in [0.29, 0.717) is 15.9 Å². The summed E-state index contributed by atoms with van der Waals surface area (Å²) in [6, 6.07) is 6.55. The van der Waals surface area contributed by atoms with Gasteiger partial charge in [0.2, 0.25) is 0 Å². The summed E-state index contributed by atoms with van der Waals surface area (Å²) < 4.78 is 0. The van der Waals surface area contributed by atoms with Crippen LogP contribution < -0.4 is 0 Å². The van der Waals surface area contributed by atoms with E-state index in [9.17, 15) is 10.1 Å². The molecule has 0 aliphatic rings. The van der Waals surface area contributed by atoms with E-state index in [0.717, 1.165) is 5.69 Å². The van der Waals surface area contributed by atoms with E-state index in [1.54, 1.807) is 18.2 Å². The van der Waals surface area contributed by atoms with Crippen molar-refractivity contribution in [3.8, 4) is 0 Å². The molecule has 2 aromatic rings. The molecule has 0 saturated heterocycles. The van der Waals surface area contributed by atoms with Crippen LogP contribution >= 0.6 is 11.6 Å². The summed E-state index contributed by atoms with van der Waals surface area (Å²) in [6.45, 7) is 3.94. The molecule has 0 unspecified atom stereocenters. The molecule has 17 heavy (non-hydrogen) atoms. The molecule has 1 aromatic heterocycles. The second-order valence-electron chi connectivity index (χ2n) is 4.11. The van der Waals surface area contributed by atoms with Gasteiger partial charge < -0.3 is 0 Å². The van der Waals surface area contributed by atoms with Crippen LogP contribution in [0.25, 0.3) is 10.9 Å². The number of hydrogen-bond donors (Lipinski definition) is 0. The first-order valence-corrected chi connectivity index (χ1v) is 5.62. The summed E-state index contributed by atoms with van der Waals surface area (Å²) in [5.41, 5.74) is 1.11. The van der Waals surface area contributed by atoms with Gasteiger partial charge >= 0.3 is 0 Å². The molecule has 0 atom stereocenters. The summed E-state index contributed by atoms with van der Waals surface area (Å²) >= 11 is 6.12. The van der Waals surface area contributed by atoms with E-state index in [4.69, 9.17) is 11.6 Å². The quantitative estimate of drug-likeness (QED) is 0.600. The van der Waals surface area contributed by atoms with Gasteiger partial charge in [-0.1, -0.05) is 37.6 Å². The maximum Gasteiger partial charge on any atom is 0.295 e. The number of para-hydroxylation sites is 1. The molecule has 0 N–H and O–H groups in total. The van der Waals surface area contributed by atoms with Crippen LogP contribution in [0.15, 0.2) is 24.3 Å². The number of rotatable bonds is 2. The smallest absolute Gasteiger partial charge is 0.258 e. The SMILES string of the molecule is CC(C)c1cc(Cl)c2cccc([N+](=O)[O-])c2n1. The predicted molar refractivity (Wildman–Crippen MR) is 67.5 cm³/mol. The molecule has 0 saturated carbocycles. The van der Waals surface area contributed by atoms with Crippen LogP contribution in [-0.2, 0) is 0 Å². The van der Waals surface area contributed by atoms with E-state index >= 15 is 0 Å². The van der Waals surface area contributed by atoms with Crippen molar-refractivity contribution >= 4 is 28.2 Å². The lowest BCUT2D eigenvalue weighted by atomic mass is 10.1. The van der Waals surface area contributed by atoms with E-state index in [2.05, 4.69) is 4.98 Å². The maximum atomic E-state index is 10.9. The van der Waals surface area contributed by atoms with Crippen molar-refractivity contribution < 1.29 is 4.92 Å². The van der Waals surface area contributed by atoms with Crippen molar-refractivity contribution in [2.45, 2.75) is 19.8 Å². The molecular weight excluding hydrogens is 240 g/mol. The Bertz CT molecular complexity index is 596. The van der Waals surface area contributed by atoms with Gasteiger partial charge in [-0.05, 0) is 12.0 Å². The zero-order chi connectivity index (χ0) is 12.6. The molecule has 2 rings (SSSR count). The average Bonchev–Trinajstić information content (AvgIpc) is 2.27. The van der Waals surface area contributed by atoms with E-state index in [1.807, 2.05) is 13.8 Å². The van der Waals surface area contributed by atoms with Crippen molar-refractivity contribution in [2.75, 3.05) is 0 Å². The predicted octanol–water partition coefficient (Wildman–Crippen LogP) is 3.92. The van der Waals surface area contributed by atoms with Crippen LogP contribution in [0.3, 0.4) is 0 Å². The number of nitro groups is 1. The van der Waals surface area contributed by atoms with Crippen molar-refractivity contribution in [1.29, 1.82) is 0 Å². The van der Waals surface area contributed by atoms with Gasteiger partial charge in [0.15, 0.2) is 0 Å². The van der Waals surface area contributed by atoms with E-state index < -0.39 is 4.92 Å². The largest absolute Gasteiger partial charge is 0.295 e. The summed E-state index contributed by atoms with van der Waals surface area (Å²) in [5.74, 6) is 0.178. The highest BCUT2D eigenvalue weighted by atomic mass is 35.5. The second kappa shape index (κ2) is 4.30. The Kier molecular flexibility index (Phi) is 2.98. The number of nitro benzene ring substituents is 1. The van der Waals surface area contributed by atoms with Crippen LogP contribution in [0.2, 0.25) is 5.02 Å². The zero-order valence-corrected chi connectivity index (χ0v) is 10.2. The van der Waals surface area contributed by atoms with Gasteiger partial charge in [-0.25, -0.2) is 4.98 Å². The summed E-state index contributed by atoms with van der Waals surface area (Å²) in [7, 11) is 0. The molecule has 0 radical (unpaired) electrons. The van der Waals surface area contributed by atoms with Crippen molar-refractivity contribution in [3.63, 3.8) is 0 Å². The maximum absolute atomic E-state index is 10.9. The highest BCUT2D eigenvalue weighted by Crippen LogP contribution is 2.31. The lowest BCUT2D eigenvalue weighted by Gasteiger charge is -2.07. The Hall–Kier alpha value is -1.68. The van der Waals surface area contributed by atoms with Crippen LogP contribution in [0.4, 0.5) is 5.69 Å². The molecule has 0 bridgehead atoms. The number of pyridine rings is 1. The molecule has 5 heteroatoms. The Balaban J connectivity index is 2.83. The van der Waals surface area contributed by atoms with Crippen LogP contribution in [0.5, 0.6) is 0 Å². The highest BCUT2D eigenvalue weighted by Gasteiger charge is 2.16. The van der Waals surface area contributed by atoms with Crippen LogP contribution in [0.1, 0.15) is 25.5 Å². The highest BCUT2D eigenvalue weighted by molar-refractivity contribution is 6.35. The third-order valence-electron chi connectivity index (χ3n) is 2.58. The summed E-state index contributed by atoms with van der Waals surface area (Å²) in [4.78, 5) is 14.8. The van der Waals surface area contributed by atoms with Gasteiger partial charge in [0.25, 0.3) is 5.69 Å². The van der Waals surface area contributed by atoms with Gasteiger partial charge in [0, 0.05) is 17.1 Å². The number of nitrogens with zero attached hydrogens (tertiary/aromatic N) is 2. The number of non-ortho nitro benzene ring substituents is 1. The normalized spacial score (nSPS) is 11.1. The molecule has 4 nitrogen and oxygen atoms in total.